The van der Waals surface area contributed by atoms with Crippen LogP contribution in [-0.4, -0.2) is 49.7 Å². The minimum absolute atomic E-state index is 0.0252. The molecule has 3 rings (SSSR count). The molecule has 0 spiro atoms. The summed E-state index contributed by atoms with van der Waals surface area (Å²) in [6, 6.07) is 5.18. The van der Waals surface area contributed by atoms with Gasteiger partial charge in [-0.15, -0.1) is 0 Å². The Kier molecular flexibility index (Phi) is 6.06. The maximum atomic E-state index is 12.6. The monoisotopic (exact) mass is 390 g/mol. The molecule has 2 aliphatic rings. The molecule has 28 heavy (non-hydrogen) atoms. The second kappa shape index (κ2) is 8.50. The molecule has 0 bridgehead atoms. The Labute approximate surface area is 163 Å². The first-order chi connectivity index (χ1) is 13.4. The summed E-state index contributed by atoms with van der Waals surface area (Å²) >= 11 is 0. The number of amides is 2. The predicted molar refractivity (Wildman–Crippen MR) is 102 cm³/mol. The summed E-state index contributed by atoms with van der Waals surface area (Å²) in [5.74, 6) is -0.662. The minimum Gasteiger partial charge on any atom is -0.497 e. The number of nitrogens with zero attached hydrogens (tertiary/aromatic N) is 1. The van der Waals surface area contributed by atoms with Crippen LogP contribution in [0.1, 0.15) is 32.1 Å². The summed E-state index contributed by atoms with van der Waals surface area (Å²) in [6.45, 7) is 0.290. The number of benzene rings is 1. The van der Waals surface area contributed by atoms with Gasteiger partial charge in [-0.3, -0.25) is 14.4 Å². The van der Waals surface area contributed by atoms with Crippen molar-refractivity contribution in [3.63, 3.8) is 0 Å². The van der Waals surface area contributed by atoms with Crippen LogP contribution in [0.3, 0.4) is 0 Å². The first-order valence-corrected chi connectivity index (χ1v) is 9.48. The van der Waals surface area contributed by atoms with Crippen molar-refractivity contribution in [2.24, 2.45) is 11.8 Å². The summed E-state index contributed by atoms with van der Waals surface area (Å²) in [5.41, 5.74) is 0.616. The summed E-state index contributed by atoms with van der Waals surface area (Å²) in [7, 11) is 3.08. The number of nitrogens with one attached hydrogen (secondary N) is 1. The minimum atomic E-state index is -0.768. The van der Waals surface area contributed by atoms with Crippen molar-refractivity contribution in [3.05, 3.63) is 18.2 Å². The average Bonchev–Trinajstić information content (AvgIpc) is 3.09. The second-order valence-corrected chi connectivity index (χ2v) is 7.34. The maximum absolute atomic E-state index is 12.6. The fourth-order valence-electron chi connectivity index (χ4n) is 3.93. The lowest BCUT2D eigenvalue weighted by molar-refractivity contribution is -0.142. The van der Waals surface area contributed by atoms with Crippen LogP contribution < -0.4 is 19.7 Å². The Balaban J connectivity index is 1.61. The van der Waals surface area contributed by atoms with E-state index in [1.165, 1.54) is 7.11 Å². The van der Waals surface area contributed by atoms with Gasteiger partial charge in [0.05, 0.1) is 31.7 Å². The molecule has 2 fully saturated rings. The number of carboxylic acid groups (broad SMARTS) is 1. The highest BCUT2D eigenvalue weighted by Crippen LogP contribution is 2.36. The van der Waals surface area contributed by atoms with Gasteiger partial charge in [0.1, 0.15) is 11.5 Å². The highest BCUT2D eigenvalue weighted by atomic mass is 16.5. The molecule has 1 saturated heterocycles. The van der Waals surface area contributed by atoms with E-state index in [-0.39, 0.29) is 36.7 Å². The number of carbonyl (C=O) groups is 3. The number of carbonyl (C=O) groups excluding carboxylic acids is 2. The van der Waals surface area contributed by atoms with Crippen LogP contribution >= 0.6 is 0 Å². The van der Waals surface area contributed by atoms with Crippen LogP contribution in [0.4, 0.5) is 5.69 Å². The molecule has 0 aromatic heterocycles. The van der Waals surface area contributed by atoms with Crippen LogP contribution in [0.5, 0.6) is 11.5 Å². The standard InChI is InChI=1S/C20H26N2O6/c1-27-15-7-8-16(17(10-15)28-2)22-11-13(9-18(22)23)19(24)21-14-5-3-12(4-6-14)20(25)26/h7-8,10,12-14H,3-6,9,11H2,1-2H3,(H,21,24)(H,25,26). The molecule has 2 N–H and O–H groups in total. The number of rotatable bonds is 6. The Morgan fingerprint density at radius 2 is 1.82 bits per heavy atom. The van der Waals surface area contributed by atoms with Crippen molar-refractivity contribution >= 4 is 23.5 Å². The molecule has 1 heterocycles. The second-order valence-electron chi connectivity index (χ2n) is 7.34. The fraction of sp³-hybridized carbons (Fsp3) is 0.550. The molecule has 1 aliphatic carbocycles. The maximum Gasteiger partial charge on any atom is 0.306 e. The Hall–Kier alpha value is -2.77. The zero-order valence-electron chi connectivity index (χ0n) is 16.1. The molecular formula is C20H26N2O6. The quantitative estimate of drug-likeness (QED) is 0.768. The van der Waals surface area contributed by atoms with Crippen LogP contribution in [0.15, 0.2) is 18.2 Å². The molecule has 1 unspecified atom stereocenters. The van der Waals surface area contributed by atoms with Gasteiger partial charge in [0.2, 0.25) is 11.8 Å². The van der Waals surface area contributed by atoms with E-state index in [9.17, 15) is 14.4 Å². The van der Waals surface area contributed by atoms with Gasteiger partial charge in [0.15, 0.2) is 0 Å². The van der Waals surface area contributed by atoms with E-state index in [1.54, 1.807) is 30.2 Å². The molecule has 152 valence electrons. The predicted octanol–water partition coefficient (Wildman–Crippen LogP) is 1.82. The molecule has 2 amide bonds. The van der Waals surface area contributed by atoms with Crippen LogP contribution in [0, 0.1) is 11.8 Å². The molecular weight excluding hydrogens is 364 g/mol. The summed E-state index contributed by atoms with van der Waals surface area (Å²) in [4.78, 5) is 37.8. The van der Waals surface area contributed by atoms with Gasteiger partial charge in [-0.25, -0.2) is 0 Å². The average molecular weight is 390 g/mol. The lowest BCUT2D eigenvalue weighted by atomic mass is 9.86. The summed E-state index contributed by atoms with van der Waals surface area (Å²) < 4.78 is 10.6. The number of hydrogen-bond donors (Lipinski definition) is 2. The van der Waals surface area contributed by atoms with Crippen LogP contribution in [0.25, 0.3) is 0 Å². The van der Waals surface area contributed by atoms with Gasteiger partial charge in [-0.2, -0.15) is 0 Å². The van der Waals surface area contributed by atoms with E-state index in [1.807, 2.05) is 0 Å². The normalized spacial score (nSPS) is 24.7. The van der Waals surface area contributed by atoms with Crippen molar-refractivity contribution in [1.29, 1.82) is 0 Å². The number of ether oxygens (including phenoxy) is 2. The lowest BCUT2D eigenvalue weighted by Crippen LogP contribution is -2.42. The van der Waals surface area contributed by atoms with E-state index in [0.29, 0.717) is 42.9 Å². The van der Waals surface area contributed by atoms with Crippen molar-refractivity contribution in [1.82, 2.24) is 5.32 Å². The first kappa shape index (κ1) is 20.0. The topological polar surface area (TPSA) is 105 Å². The van der Waals surface area contributed by atoms with E-state index < -0.39 is 11.9 Å². The number of carboxylic acids is 1. The molecule has 8 heteroatoms. The van der Waals surface area contributed by atoms with Gasteiger partial charge >= 0.3 is 5.97 Å². The Morgan fingerprint density at radius 3 is 2.43 bits per heavy atom. The van der Waals surface area contributed by atoms with Gasteiger partial charge in [0.25, 0.3) is 0 Å². The third-order valence-electron chi connectivity index (χ3n) is 5.60. The number of methoxy groups -OCH3 is 2. The van der Waals surface area contributed by atoms with Gasteiger partial charge in [-0.05, 0) is 37.8 Å². The smallest absolute Gasteiger partial charge is 0.306 e. The third-order valence-corrected chi connectivity index (χ3v) is 5.60. The van der Waals surface area contributed by atoms with Gasteiger partial charge < -0.3 is 24.8 Å². The van der Waals surface area contributed by atoms with Crippen molar-refractivity contribution in [2.75, 3.05) is 25.7 Å². The van der Waals surface area contributed by atoms with Gasteiger partial charge in [0, 0.05) is 25.1 Å². The highest BCUT2D eigenvalue weighted by molar-refractivity contribution is 6.01. The molecule has 1 atom stereocenters. The SMILES string of the molecule is COc1ccc(N2CC(C(=O)NC3CCC(C(=O)O)CC3)CC2=O)c(OC)c1. The largest absolute Gasteiger partial charge is 0.497 e. The Bertz CT molecular complexity index is 757. The molecule has 0 radical (unpaired) electrons. The molecule has 1 aromatic rings. The third kappa shape index (κ3) is 4.21. The molecule has 1 saturated carbocycles. The first-order valence-electron chi connectivity index (χ1n) is 9.48. The lowest BCUT2D eigenvalue weighted by Gasteiger charge is -2.27. The van der Waals surface area contributed by atoms with Crippen molar-refractivity contribution in [3.8, 4) is 11.5 Å². The number of hydrogen-bond acceptors (Lipinski definition) is 5. The summed E-state index contributed by atoms with van der Waals surface area (Å²) in [5, 5.41) is 12.1. The number of anilines is 1. The zero-order valence-corrected chi connectivity index (χ0v) is 16.1. The Morgan fingerprint density at radius 1 is 1.11 bits per heavy atom. The van der Waals surface area contributed by atoms with Crippen molar-refractivity contribution in [2.45, 2.75) is 38.1 Å². The van der Waals surface area contributed by atoms with Crippen LogP contribution in [0.2, 0.25) is 0 Å². The zero-order chi connectivity index (χ0) is 20.3. The van der Waals surface area contributed by atoms with E-state index in [0.717, 1.165) is 0 Å². The summed E-state index contributed by atoms with van der Waals surface area (Å²) in [6.07, 6.45) is 2.59. The molecule has 8 nitrogen and oxygen atoms in total. The molecule has 1 aliphatic heterocycles. The van der Waals surface area contributed by atoms with E-state index in [2.05, 4.69) is 5.32 Å². The fourth-order valence-corrected chi connectivity index (χ4v) is 3.93. The molecule has 1 aromatic carbocycles. The van der Waals surface area contributed by atoms with Crippen molar-refractivity contribution < 1.29 is 29.0 Å². The number of aliphatic carboxylic acids is 1. The van der Waals surface area contributed by atoms with Gasteiger partial charge in [-0.1, -0.05) is 0 Å². The van der Waals surface area contributed by atoms with E-state index >= 15 is 0 Å². The van der Waals surface area contributed by atoms with Crippen LogP contribution in [-0.2, 0) is 14.4 Å². The highest BCUT2D eigenvalue weighted by Gasteiger charge is 2.37. The van der Waals surface area contributed by atoms with E-state index in [4.69, 9.17) is 14.6 Å².